The Morgan fingerprint density at radius 1 is 1.19 bits per heavy atom. The van der Waals surface area contributed by atoms with E-state index in [9.17, 15) is 14.2 Å². The van der Waals surface area contributed by atoms with Gasteiger partial charge in [0, 0.05) is 12.7 Å². The van der Waals surface area contributed by atoms with Crippen molar-refractivity contribution in [1.82, 2.24) is 10.2 Å². The molecule has 0 rings (SSSR count). The van der Waals surface area contributed by atoms with E-state index in [0.717, 1.165) is 0 Å². The first-order valence-corrected chi connectivity index (χ1v) is 8.56. The summed E-state index contributed by atoms with van der Waals surface area (Å²) in [5.41, 5.74) is 8.16. The number of hydrazine groups is 1. The second-order valence-electron chi connectivity index (χ2n) is 4.33. The fraction of sp³-hybridized carbons (Fsp3) is 0.833. The number of nitrogens with two attached hydrogens (primary N) is 1. The first kappa shape index (κ1) is 20.1. The third-order valence-electron chi connectivity index (χ3n) is 2.61. The van der Waals surface area contributed by atoms with E-state index in [0.29, 0.717) is 0 Å². The molecule has 0 aliphatic rings. The van der Waals surface area contributed by atoms with E-state index in [4.69, 9.17) is 15.2 Å². The Kier molecular flexibility index (Phi) is 10.2. The van der Waals surface area contributed by atoms with Crippen LogP contribution in [0.3, 0.4) is 0 Å². The maximum Gasteiger partial charge on any atom is 0.324 e. The highest BCUT2D eigenvalue weighted by atomic mass is 31.1. The van der Waals surface area contributed by atoms with Crippen molar-refractivity contribution in [3.63, 3.8) is 0 Å². The van der Waals surface area contributed by atoms with Crippen molar-refractivity contribution < 1.29 is 23.6 Å². The van der Waals surface area contributed by atoms with Crippen molar-refractivity contribution in [3.8, 4) is 0 Å². The van der Waals surface area contributed by atoms with Crippen LogP contribution in [0, 0.1) is 0 Å². The van der Waals surface area contributed by atoms with Gasteiger partial charge in [-0.05, 0) is 27.7 Å². The molecule has 0 fully saturated rings. The number of ether oxygens (including phenoxy) is 2. The van der Waals surface area contributed by atoms with Crippen LogP contribution < -0.4 is 11.2 Å². The number of carbonyl (C=O) groups is 2. The van der Waals surface area contributed by atoms with Crippen molar-refractivity contribution in [2.45, 2.75) is 39.8 Å². The van der Waals surface area contributed by atoms with Gasteiger partial charge < -0.3 is 19.8 Å². The molecule has 8 nitrogen and oxygen atoms in total. The van der Waals surface area contributed by atoms with E-state index >= 15 is 0 Å². The molecular weight excluding hydrogens is 297 g/mol. The number of rotatable bonds is 10. The minimum Gasteiger partial charge on any atom is -0.465 e. The summed E-state index contributed by atoms with van der Waals surface area (Å²) in [5.74, 6) is -1.00. The van der Waals surface area contributed by atoms with Crippen molar-refractivity contribution in [3.05, 3.63) is 0 Å². The van der Waals surface area contributed by atoms with Crippen LogP contribution in [-0.2, 0) is 23.6 Å². The smallest absolute Gasteiger partial charge is 0.324 e. The Morgan fingerprint density at radius 2 is 1.71 bits per heavy atom. The lowest BCUT2D eigenvalue weighted by Gasteiger charge is -2.29. The molecule has 0 aliphatic carbocycles. The topological polar surface area (TPSA) is 111 Å². The van der Waals surface area contributed by atoms with Gasteiger partial charge in [0.15, 0.2) is 7.95 Å². The van der Waals surface area contributed by atoms with Gasteiger partial charge in [-0.1, -0.05) is 0 Å². The van der Waals surface area contributed by atoms with Gasteiger partial charge in [-0.15, -0.1) is 0 Å². The summed E-state index contributed by atoms with van der Waals surface area (Å²) in [6.07, 6.45) is 0.233. The molecular formula is C12H26N3O5P. The van der Waals surface area contributed by atoms with E-state index in [1.807, 2.05) is 0 Å². The van der Waals surface area contributed by atoms with Crippen molar-refractivity contribution in [2.24, 2.45) is 5.73 Å². The van der Waals surface area contributed by atoms with Gasteiger partial charge in [-0.3, -0.25) is 9.59 Å². The summed E-state index contributed by atoms with van der Waals surface area (Å²) in [6, 6.07) is -1.52. The van der Waals surface area contributed by atoms with Crippen LogP contribution in [0.5, 0.6) is 0 Å². The largest absolute Gasteiger partial charge is 0.465 e. The zero-order valence-corrected chi connectivity index (χ0v) is 14.0. The highest BCUT2D eigenvalue weighted by Crippen LogP contribution is 2.27. The number of carbonyl (C=O) groups excluding carboxylic acids is 2. The fourth-order valence-electron chi connectivity index (χ4n) is 1.54. The van der Waals surface area contributed by atoms with E-state index in [1.165, 1.54) is 4.78 Å². The highest BCUT2D eigenvalue weighted by Gasteiger charge is 2.29. The van der Waals surface area contributed by atoms with Crippen LogP contribution in [0.4, 0.5) is 0 Å². The van der Waals surface area contributed by atoms with Gasteiger partial charge in [0.25, 0.3) is 0 Å². The van der Waals surface area contributed by atoms with Crippen molar-refractivity contribution in [1.29, 1.82) is 0 Å². The molecule has 0 amide bonds. The summed E-state index contributed by atoms with van der Waals surface area (Å²) >= 11 is 0. The van der Waals surface area contributed by atoms with E-state index < -0.39 is 32.0 Å². The van der Waals surface area contributed by atoms with Gasteiger partial charge in [-0.2, -0.15) is 4.78 Å². The Balaban J connectivity index is 4.93. The Labute approximate surface area is 126 Å². The number of esters is 2. The summed E-state index contributed by atoms with van der Waals surface area (Å²) in [4.78, 5) is 23.4. The molecule has 124 valence electrons. The second kappa shape index (κ2) is 10.7. The maximum absolute atomic E-state index is 12.2. The van der Waals surface area contributed by atoms with Crippen LogP contribution in [-0.4, -0.2) is 54.7 Å². The van der Waals surface area contributed by atoms with Crippen molar-refractivity contribution >= 4 is 19.9 Å². The molecule has 0 heterocycles. The Hall–Kier alpha value is -0.950. The van der Waals surface area contributed by atoms with E-state index in [2.05, 4.69) is 5.43 Å². The SMILES string of the molecule is CCOC(=O)C(C)N(N[C@@H](C)C(=O)OCC)[PH](=O)CCN. The van der Waals surface area contributed by atoms with E-state index in [1.54, 1.807) is 27.7 Å². The number of hydrogen-bond donors (Lipinski definition) is 2. The molecule has 0 spiro atoms. The first-order chi connectivity index (χ1) is 9.88. The fourth-order valence-corrected chi connectivity index (χ4v) is 2.90. The van der Waals surface area contributed by atoms with Crippen LogP contribution in [0.2, 0.25) is 0 Å². The lowest BCUT2D eigenvalue weighted by atomic mass is 10.3. The van der Waals surface area contributed by atoms with Crippen LogP contribution in [0.25, 0.3) is 0 Å². The predicted octanol–water partition coefficient (Wildman–Crippen LogP) is 0.130. The van der Waals surface area contributed by atoms with Gasteiger partial charge >= 0.3 is 11.9 Å². The predicted molar refractivity (Wildman–Crippen MR) is 80.1 cm³/mol. The molecule has 0 saturated heterocycles. The Morgan fingerprint density at radius 3 is 2.19 bits per heavy atom. The van der Waals surface area contributed by atoms with Gasteiger partial charge in [0.1, 0.15) is 12.1 Å². The molecule has 0 bridgehead atoms. The van der Waals surface area contributed by atoms with Crippen molar-refractivity contribution in [2.75, 3.05) is 25.9 Å². The van der Waals surface area contributed by atoms with Gasteiger partial charge in [0.05, 0.1) is 13.2 Å². The van der Waals surface area contributed by atoms with Gasteiger partial charge in [0.2, 0.25) is 0 Å². The van der Waals surface area contributed by atoms with Crippen LogP contribution >= 0.6 is 7.95 Å². The summed E-state index contributed by atoms with van der Waals surface area (Å²) in [7, 11) is -2.34. The minimum atomic E-state index is -2.34. The third-order valence-corrected chi connectivity index (χ3v) is 4.38. The average Bonchev–Trinajstić information content (AvgIpc) is 2.44. The molecule has 0 radical (unpaired) electrons. The monoisotopic (exact) mass is 323 g/mol. The number of nitrogens with zero attached hydrogens (tertiary/aromatic N) is 1. The zero-order chi connectivity index (χ0) is 16.4. The number of nitrogens with one attached hydrogen (secondary N) is 1. The standard InChI is InChI=1S/C12H26N3O5P/c1-5-19-11(16)9(3)14-15(21(18)8-7-13)10(4)12(17)20-6-2/h9-10,14,21H,5-8,13H2,1-4H3/t9-,10?/m0/s1. The molecule has 21 heavy (non-hydrogen) atoms. The molecule has 0 aromatic rings. The molecule has 3 atom stereocenters. The van der Waals surface area contributed by atoms with Crippen LogP contribution in [0.1, 0.15) is 27.7 Å². The maximum atomic E-state index is 12.2. The normalized spacial score (nSPS) is 15.3. The lowest BCUT2D eigenvalue weighted by molar-refractivity contribution is -0.151. The molecule has 2 unspecified atom stereocenters. The zero-order valence-electron chi connectivity index (χ0n) is 13.0. The summed E-state index contributed by atoms with van der Waals surface area (Å²) in [5, 5.41) is 0. The average molecular weight is 323 g/mol. The molecule has 0 aromatic carbocycles. The van der Waals surface area contributed by atoms with Gasteiger partial charge in [-0.25, -0.2) is 5.43 Å². The summed E-state index contributed by atoms with van der Waals surface area (Å²) < 4.78 is 23.3. The molecule has 9 heteroatoms. The van der Waals surface area contributed by atoms with Crippen LogP contribution in [0.15, 0.2) is 0 Å². The van der Waals surface area contributed by atoms with E-state index in [-0.39, 0.29) is 25.9 Å². The quantitative estimate of drug-likeness (QED) is 0.331. The Bertz CT molecular complexity index is 367. The summed E-state index contributed by atoms with van der Waals surface area (Å²) in [6.45, 7) is 7.20. The molecule has 0 aromatic heterocycles. The molecule has 0 aliphatic heterocycles. The molecule has 0 saturated carbocycles. The minimum absolute atomic E-state index is 0.222. The first-order valence-electron chi connectivity index (χ1n) is 7.00. The number of hydrogen-bond acceptors (Lipinski definition) is 7. The second-order valence-corrected chi connectivity index (χ2v) is 6.10. The highest BCUT2D eigenvalue weighted by molar-refractivity contribution is 7.42. The lowest BCUT2D eigenvalue weighted by Crippen LogP contribution is -2.50. The molecule has 3 N–H and O–H groups in total. The third kappa shape index (κ3) is 7.04.